The van der Waals surface area contributed by atoms with Crippen molar-refractivity contribution in [3.63, 3.8) is 0 Å². The molecule has 0 atom stereocenters. The predicted molar refractivity (Wildman–Crippen MR) is 441 cm³/mol. The second kappa shape index (κ2) is 21.6. The lowest BCUT2D eigenvalue weighted by molar-refractivity contribution is 0.590. The van der Waals surface area contributed by atoms with Gasteiger partial charge in [-0.25, -0.2) is 0 Å². The minimum atomic E-state index is -0.191. The van der Waals surface area contributed by atoms with Gasteiger partial charge in [-0.1, -0.05) is 272 Å². The summed E-state index contributed by atoms with van der Waals surface area (Å²) in [6.45, 7) is 13.8. The van der Waals surface area contributed by atoms with Gasteiger partial charge in [-0.2, -0.15) is 0 Å². The molecule has 102 heavy (non-hydrogen) atoms. The third-order valence-electron chi connectivity index (χ3n) is 23.0. The topological polar surface area (TPSA) is 11.4 Å². The Morgan fingerprint density at radius 3 is 1.02 bits per heavy atom. The Bertz CT molecular complexity index is 6680. The highest BCUT2D eigenvalue weighted by atomic mass is 15.2. The number of hydrogen-bond acceptors (Lipinski definition) is 2. The van der Waals surface area contributed by atoms with Crippen LogP contribution < -0.4 is 26.2 Å². The van der Waals surface area contributed by atoms with Crippen molar-refractivity contribution in [2.75, 3.05) is 9.80 Å². The van der Waals surface area contributed by atoms with Gasteiger partial charge in [-0.15, -0.1) is 0 Å². The molecule has 0 saturated carbocycles. The molecule has 0 amide bonds. The molecule has 18 aromatic carbocycles. The molecule has 19 aromatic rings. The first-order chi connectivity index (χ1) is 49.9. The average Bonchev–Trinajstić information content (AvgIpc) is 0.706. The van der Waals surface area contributed by atoms with Crippen molar-refractivity contribution in [3.05, 3.63) is 327 Å². The van der Waals surface area contributed by atoms with E-state index in [1.54, 1.807) is 0 Å². The second-order valence-electron chi connectivity index (χ2n) is 30.7. The quantitative estimate of drug-likeness (QED) is 0.126. The molecule has 0 saturated heterocycles. The maximum atomic E-state index is 2.67. The fourth-order valence-electron chi connectivity index (χ4n) is 18.0. The van der Waals surface area contributed by atoms with Crippen LogP contribution in [-0.2, 0) is 10.8 Å². The van der Waals surface area contributed by atoms with Gasteiger partial charge in [0.1, 0.15) is 0 Å². The standard InChI is InChI=1S/C98H70BN3/c1-97(2,3)63-38-48-90-86(54-63)87-55-64(98(4,5)6)39-49-91(87)100(90)67-42-46-88-93(58-67)102(66-41-45-82-76-32-15-12-26-70(76)73-29-18-21-35-79(73)85(82)57-66)95-53-62(60-36-43-80-74-30-13-10-24-68(74)71-27-16-19-33-77(71)83(80)50-60)52-94-96(95)99(88)89-51-61(59-22-8-7-9-23-59)37-47-92(89)101(94)65-40-44-81-75-31-14-11-25-69(75)72-28-17-20-34-78(72)84(81)56-65/h7-58H,1-6H3. The van der Waals surface area contributed by atoms with Crippen molar-refractivity contribution >= 4 is 176 Å². The maximum Gasteiger partial charge on any atom is 0.252 e. The third kappa shape index (κ3) is 8.63. The second-order valence-corrected chi connectivity index (χ2v) is 30.7. The third-order valence-corrected chi connectivity index (χ3v) is 23.0. The molecule has 0 spiro atoms. The van der Waals surface area contributed by atoms with E-state index >= 15 is 0 Å². The van der Waals surface area contributed by atoms with Crippen LogP contribution in [0.5, 0.6) is 0 Å². The van der Waals surface area contributed by atoms with Gasteiger partial charge in [0, 0.05) is 50.6 Å². The molecule has 0 bridgehead atoms. The molecule has 0 radical (unpaired) electrons. The Labute approximate surface area is 593 Å². The molecule has 3 nitrogen and oxygen atoms in total. The van der Waals surface area contributed by atoms with Gasteiger partial charge in [0.25, 0.3) is 6.71 Å². The Morgan fingerprint density at radius 1 is 0.216 bits per heavy atom. The normalized spacial score (nSPS) is 13.1. The molecule has 0 unspecified atom stereocenters. The van der Waals surface area contributed by atoms with Gasteiger partial charge >= 0.3 is 0 Å². The fraction of sp³-hybridized carbons (Fsp3) is 0.0816. The largest absolute Gasteiger partial charge is 0.311 e. The highest BCUT2D eigenvalue weighted by Crippen LogP contribution is 2.51. The maximum absolute atomic E-state index is 2.67. The summed E-state index contributed by atoms with van der Waals surface area (Å²) in [7, 11) is 0. The molecule has 1 aromatic heterocycles. The number of fused-ring (bicyclic) bond motifs is 25. The zero-order valence-corrected chi connectivity index (χ0v) is 57.9. The summed E-state index contributed by atoms with van der Waals surface area (Å²) in [5, 5.41) is 25.1. The lowest BCUT2D eigenvalue weighted by Crippen LogP contribution is -2.61. The van der Waals surface area contributed by atoms with Gasteiger partial charge in [-0.3, -0.25) is 0 Å². The van der Waals surface area contributed by atoms with E-state index in [-0.39, 0.29) is 17.5 Å². The van der Waals surface area contributed by atoms with Crippen LogP contribution >= 0.6 is 0 Å². The molecule has 21 rings (SSSR count). The molecule has 4 heteroatoms. The van der Waals surface area contributed by atoms with Gasteiger partial charge in [0.05, 0.1) is 11.0 Å². The van der Waals surface area contributed by atoms with Crippen LogP contribution in [0.15, 0.2) is 315 Å². The fourth-order valence-corrected chi connectivity index (χ4v) is 18.0. The molecular weight excluding hydrogens is 1230 g/mol. The molecule has 0 aliphatic carbocycles. The van der Waals surface area contributed by atoms with E-state index < -0.39 is 0 Å². The van der Waals surface area contributed by atoms with E-state index in [1.807, 2.05) is 0 Å². The van der Waals surface area contributed by atoms with Crippen LogP contribution in [0.3, 0.4) is 0 Å². The highest BCUT2D eigenvalue weighted by molar-refractivity contribution is 7.00. The van der Waals surface area contributed by atoms with E-state index in [1.165, 1.54) is 157 Å². The Kier molecular flexibility index (Phi) is 12.5. The van der Waals surface area contributed by atoms with Crippen molar-refractivity contribution in [2.45, 2.75) is 52.4 Å². The van der Waals surface area contributed by atoms with Crippen LogP contribution in [0.2, 0.25) is 0 Å². The summed E-state index contributed by atoms with van der Waals surface area (Å²) in [5.41, 5.74) is 21.3. The van der Waals surface area contributed by atoms with Crippen molar-refractivity contribution in [3.8, 4) is 27.9 Å². The number of anilines is 6. The zero-order chi connectivity index (χ0) is 68.0. The first-order valence-electron chi connectivity index (χ1n) is 36.1. The monoisotopic (exact) mass is 1300 g/mol. The van der Waals surface area contributed by atoms with E-state index in [0.717, 1.165) is 50.9 Å². The van der Waals surface area contributed by atoms with Crippen molar-refractivity contribution in [1.82, 2.24) is 4.57 Å². The molecule has 3 heterocycles. The number of aromatic nitrogens is 1. The molecule has 2 aliphatic heterocycles. The lowest BCUT2D eigenvalue weighted by atomic mass is 9.33. The first kappa shape index (κ1) is 58.7. The van der Waals surface area contributed by atoms with Gasteiger partial charge in [-0.05, 0) is 242 Å². The average molecular weight is 1300 g/mol. The predicted octanol–water partition coefficient (Wildman–Crippen LogP) is 25.2. The van der Waals surface area contributed by atoms with E-state index in [0.29, 0.717) is 0 Å². The molecule has 2 aliphatic rings. The van der Waals surface area contributed by atoms with Crippen LogP contribution in [0.4, 0.5) is 34.1 Å². The van der Waals surface area contributed by atoms with Gasteiger partial charge in [0.15, 0.2) is 0 Å². The van der Waals surface area contributed by atoms with Crippen LogP contribution in [-0.4, -0.2) is 11.3 Å². The first-order valence-corrected chi connectivity index (χ1v) is 36.1. The summed E-state index contributed by atoms with van der Waals surface area (Å²) < 4.78 is 2.55. The van der Waals surface area contributed by atoms with E-state index in [4.69, 9.17) is 0 Å². The number of hydrogen-bond donors (Lipinski definition) is 0. The number of nitrogens with zero attached hydrogens (tertiary/aromatic N) is 3. The van der Waals surface area contributed by atoms with E-state index in [9.17, 15) is 0 Å². The van der Waals surface area contributed by atoms with Gasteiger partial charge < -0.3 is 14.4 Å². The minimum absolute atomic E-state index is 0.0437. The van der Waals surface area contributed by atoms with Crippen molar-refractivity contribution in [1.29, 1.82) is 0 Å². The lowest BCUT2D eigenvalue weighted by Gasteiger charge is -2.45. The molecule has 480 valence electrons. The van der Waals surface area contributed by atoms with Crippen molar-refractivity contribution < 1.29 is 0 Å². The summed E-state index contributed by atoms with van der Waals surface area (Å²) in [5.74, 6) is 0. The number of rotatable bonds is 5. The summed E-state index contributed by atoms with van der Waals surface area (Å²) in [6, 6.07) is 121. The Balaban J connectivity index is 0.906. The van der Waals surface area contributed by atoms with Crippen molar-refractivity contribution in [2.24, 2.45) is 0 Å². The minimum Gasteiger partial charge on any atom is -0.311 e. The van der Waals surface area contributed by atoms with Gasteiger partial charge in [0.2, 0.25) is 0 Å². The number of benzene rings is 18. The highest BCUT2D eigenvalue weighted by Gasteiger charge is 2.44. The zero-order valence-electron chi connectivity index (χ0n) is 57.9. The molecule has 0 fully saturated rings. The molecular formula is C98H70BN3. The smallest absolute Gasteiger partial charge is 0.252 e. The molecule has 0 N–H and O–H groups in total. The van der Waals surface area contributed by atoms with Crippen LogP contribution in [0.1, 0.15) is 52.7 Å². The van der Waals surface area contributed by atoms with E-state index in [2.05, 4.69) is 371 Å². The summed E-state index contributed by atoms with van der Waals surface area (Å²) >= 11 is 0. The SMILES string of the molecule is CC(C)(C)c1ccc2c(c1)c1cc(C(C)(C)C)ccc1n2-c1ccc2c(c1)N(c1ccc3c4ccccc4c4ccccc4c3c1)c1cc(-c3ccc4c5ccccc5c5ccccc5c4c3)cc3c1B2c1cc(-c2ccccc2)ccc1N3c1ccc2c3ccccc3c3ccccc3c2c1. The Morgan fingerprint density at radius 2 is 0.578 bits per heavy atom. The van der Waals surface area contributed by atoms with Crippen LogP contribution in [0.25, 0.3) is 147 Å². The Hall–Kier alpha value is -12.2. The summed E-state index contributed by atoms with van der Waals surface area (Å²) in [6.07, 6.45) is 0. The van der Waals surface area contributed by atoms with Crippen LogP contribution in [0, 0.1) is 0 Å². The summed E-state index contributed by atoms with van der Waals surface area (Å²) in [4.78, 5) is 5.29.